The highest BCUT2D eigenvalue weighted by atomic mass is 19.4. The summed E-state index contributed by atoms with van der Waals surface area (Å²) in [5, 5.41) is 5.80. The number of fused-ring (bicyclic) bond motifs is 2. The summed E-state index contributed by atoms with van der Waals surface area (Å²) < 4.78 is 44.9. The Hall–Kier alpha value is -3.37. The van der Waals surface area contributed by atoms with Crippen molar-refractivity contribution >= 4 is 28.8 Å². The van der Waals surface area contributed by atoms with E-state index in [9.17, 15) is 22.8 Å². The van der Waals surface area contributed by atoms with Crippen LogP contribution in [0.15, 0.2) is 42.5 Å². The van der Waals surface area contributed by atoms with Gasteiger partial charge in [-0.05, 0) is 61.7 Å². The number of hydrogen-bond acceptors (Lipinski definition) is 5. The maximum atomic E-state index is 13.1. The van der Waals surface area contributed by atoms with Crippen LogP contribution < -0.4 is 15.4 Å². The molecule has 7 nitrogen and oxygen atoms in total. The van der Waals surface area contributed by atoms with Gasteiger partial charge in [-0.3, -0.25) is 14.5 Å². The molecular formula is C27H29F3N4O3. The van der Waals surface area contributed by atoms with Gasteiger partial charge in [-0.25, -0.2) is 0 Å². The standard InChI is InChI=1S/C27H29F3N4O3/c1-33-8-10-34(11-9-33)23-13-18-4-6-20(16-22(18)32-26(23)36)31-25(35)14-17-3-2-12-37-24-15-19(27(28,29)30)5-7-21(17)24/h4-7,14-16,23H,2-3,8-13H2,1H3,(H,31,35)(H,32,36)/b17-14+. The second-order valence-corrected chi connectivity index (χ2v) is 9.74. The normalized spacial score (nSPS) is 21.9. The maximum Gasteiger partial charge on any atom is 0.416 e. The molecule has 0 saturated carbocycles. The van der Waals surface area contributed by atoms with Gasteiger partial charge in [0.1, 0.15) is 5.75 Å². The van der Waals surface area contributed by atoms with Crippen molar-refractivity contribution in [2.75, 3.05) is 50.5 Å². The van der Waals surface area contributed by atoms with E-state index >= 15 is 0 Å². The van der Waals surface area contributed by atoms with E-state index in [0.29, 0.717) is 41.8 Å². The first-order valence-corrected chi connectivity index (χ1v) is 12.4. The fraction of sp³-hybridized carbons (Fsp3) is 0.407. The van der Waals surface area contributed by atoms with Crippen LogP contribution in [0.3, 0.4) is 0 Å². The van der Waals surface area contributed by atoms with Gasteiger partial charge in [0.25, 0.3) is 0 Å². The average molecular weight is 515 g/mol. The van der Waals surface area contributed by atoms with E-state index in [1.807, 2.05) is 6.07 Å². The number of alkyl halides is 3. The third-order valence-electron chi connectivity index (χ3n) is 7.14. The van der Waals surface area contributed by atoms with Crippen molar-refractivity contribution in [3.8, 4) is 5.75 Å². The first-order chi connectivity index (χ1) is 17.7. The molecule has 0 aliphatic carbocycles. The van der Waals surface area contributed by atoms with Gasteiger partial charge in [0.2, 0.25) is 11.8 Å². The van der Waals surface area contributed by atoms with Gasteiger partial charge < -0.3 is 20.3 Å². The summed E-state index contributed by atoms with van der Waals surface area (Å²) in [6.45, 7) is 3.82. The first-order valence-electron chi connectivity index (χ1n) is 12.4. The molecule has 2 N–H and O–H groups in total. The number of amides is 2. The summed E-state index contributed by atoms with van der Waals surface area (Å²) in [5.41, 5.74) is 2.51. The summed E-state index contributed by atoms with van der Waals surface area (Å²) in [6.07, 6.45) is -1.38. The van der Waals surface area contributed by atoms with E-state index in [0.717, 1.165) is 43.9 Å². The molecule has 1 fully saturated rings. The lowest BCUT2D eigenvalue weighted by atomic mass is 9.96. The van der Waals surface area contributed by atoms with E-state index in [1.54, 1.807) is 12.1 Å². The molecule has 3 heterocycles. The van der Waals surface area contributed by atoms with Gasteiger partial charge >= 0.3 is 6.18 Å². The van der Waals surface area contributed by atoms with Gasteiger partial charge in [-0.2, -0.15) is 13.2 Å². The van der Waals surface area contributed by atoms with E-state index < -0.39 is 17.6 Å². The smallest absolute Gasteiger partial charge is 0.416 e. The Morgan fingerprint density at radius 2 is 1.92 bits per heavy atom. The minimum atomic E-state index is -4.47. The van der Waals surface area contributed by atoms with Crippen LogP contribution in [0.2, 0.25) is 0 Å². The second kappa shape index (κ2) is 10.2. The summed E-state index contributed by atoms with van der Waals surface area (Å²) in [5.74, 6) is -0.325. The Bertz CT molecular complexity index is 1240. The van der Waals surface area contributed by atoms with Crippen LogP contribution in [-0.2, 0) is 22.2 Å². The lowest BCUT2D eigenvalue weighted by Gasteiger charge is -2.39. The molecule has 1 atom stereocenters. The van der Waals surface area contributed by atoms with Crippen LogP contribution in [0.1, 0.15) is 29.5 Å². The van der Waals surface area contributed by atoms with E-state index in [2.05, 4.69) is 27.5 Å². The Labute approximate surface area is 213 Å². The van der Waals surface area contributed by atoms with E-state index in [1.165, 1.54) is 12.1 Å². The maximum absolute atomic E-state index is 13.1. The highest BCUT2D eigenvalue weighted by Crippen LogP contribution is 2.38. The fourth-order valence-corrected chi connectivity index (χ4v) is 5.04. The van der Waals surface area contributed by atoms with Gasteiger partial charge in [-0.1, -0.05) is 12.1 Å². The number of ether oxygens (including phenoxy) is 1. The SMILES string of the molecule is CN1CCN(C2Cc3ccc(NC(=O)/C=C4\CCCOc5cc(C(F)(F)F)ccc54)cc3NC2=O)CC1. The highest BCUT2D eigenvalue weighted by Gasteiger charge is 2.33. The predicted octanol–water partition coefficient (Wildman–Crippen LogP) is 4.01. The molecule has 3 aliphatic rings. The molecule has 2 aromatic carbocycles. The number of hydrogen-bond donors (Lipinski definition) is 2. The number of anilines is 2. The summed E-state index contributed by atoms with van der Waals surface area (Å²) in [7, 11) is 2.07. The molecular weight excluding hydrogens is 485 g/mol. The van der Waals surface area contributed by atoms with Crippen LogP contribution in [0.4, 0.5) is 24.5 Å². The molecule has 5 rings (SSSR count). The van der Waals surface area contributed by atoms with Crippen molar-refractivity contribution in [2.45, 2.75) is 31.5 Å². The van der Waals surface area contributed by atoms with Crippen LogP contribution >= 0.6 is 0 Å². The van der Waals surface area contributed by atoms with Gasteiger partial charge in [0.05, 0.1) is 18.2 Å². The third-order valence-corrected chi connectivity index (χ3v) is 7.14. The zero-order chi connectivity index (χ0) is 26.2. The van der Waals surface area contributed by atoms with E-state index in [4.69, 9.17) is 4.74 Å². The van der Waals surface area contributed by atoms with Crippen molar-refractivity contribution in [2.24, 2.45) is 0 Å². The summed E-state index contributed by atoms with van der Waals surface area (Å²) in [6, 6.07) is 8.58. The molecule has 196 valence electrons. The molecule has 10 heteroatoms. The number of nitrogens with one attached hydrogen (secondary N) is 2. The highest BCUT2D eigenvalue weighted by molar-refractivity contribution is 6.05. The van der Waals surface area contributed by atoms with E-state index in [-0.39, 0.29) is 24.3 Å². The monoisotopic (exact) mass is 514 g/mol. The predicted molar refractivity (Wildman–Crippen MR) is 134 cm³/mol. The zero-order valence-electron chi connectivity index (χ0n) is 20.5. The van der Waals surface area contributed by atoms with Crippen molar-refractivity contribution in [1.29, 1.82) is 0 Å². The average Bonchev–Trinajstić information content (AvgIpc) is 3.05. The Morgan fingerprint density at radius 3 is 2.68 bits per heavy atom. The summed E-state index contributed by atoms with van der Waals surface area (Å²) in [4.78, 5) is 30.1. The first kappa shape index (κ1) is 25.3. The van der Waals surface area contributed by atoms with Crippen LogP contribution in [0.5, 0.6) is 5.75 Å². The lowest BCUT2D eigenvalue weighted by molar-refractivity contribution is -0.137. The number of nitrogens with zero attached hydrogens (tertiary/aromatic N) is 2. The van der Waals surface area contributed by atoms with Gasteiger partial charge in [0.15, 0.2) is 0 Å². The Kier molecular flexibility index (Phi) is 6.96. The number of halogens is 3. The molecule has 3 aliphatic heterocycles. The number of rotatable bonds is 3. The molecule has 0 aromatic heterocycles. The molecule has 37 heavy (non-hydrogen) atoms. The number of carbonyl (C=O) groups is 2. The molecule has 1 unspecified atom stereocenters. The van der Waals surface area contributed by atoms with Gasteiger partial charge in [-0.15, -0.1) is 0 Å². The molecule has 0 bridgehead atoms. The quantitative estimate of drug-likeness (QED) is 0.606. The molecule has 2 amide bonds. The van der Waals surface area contributed by atoms with Crippen molar-refractivity contribution in [1.82, 2.24) is 9.80 Å². The number of allylic oxidation sites excluding steroid dienone is 1. The minimum Gasteiger partial charge on any atom is -0.493 e. The zero-order valence-corrected chi connectivity index (χ0v) is 20.5. The van der Waals surface area contributed by atoms with Gasteiger partial charge in [0, 0.05) is 49.2 Å². The van der Waals surface area contributed by atoms with Crippen molar-refractivity contribution < 1.29 is 27.5 Å². The fourth-order valence-electron chi connectivity index (χ4n) is 5.04. The Morgan fingerprint density at radius 1 is 1.14 bits per heavy atom. The number of benzene rings is 2. The van der Waals surface area contributed by atoms with Crippen molar-refractivity contribution in [3.05, 3.63) is 59.2 Å². The molecule has 1 saturated heterocycles. The second-order valence-electron chi connectivity index (χ2n) is 9.74. The van der Waals surface area contributed by atoms with Crippen LogP contribution in [-0.4, -0.2) is 67.5 Å². The topological polar surface area (TPSA) is 73.9 Å². The Balaban J connectivity index is 1.30. The van der Waals surface area contributed by atoms with Crippen LogP contribution in [0.25, 0.3) is 5.57 Å². The largest absolute Gasteiger partial charge is 0.493 e. The van der Waals surface area contributed by atoms with Crippen LogP contribution in [0, 0.1) is 0 Å². The van der Waals surface area contributed by atoms with Crippen molar-refractivity contribution in [3.63, 3.8) is 0 Å². The molecule has 0 spiro atoms. The number of carbonyl (C=O) groups excluding carboxylic acids is 2. The number of likely N-dealkylation sites (N-methyl/N-ethyl adjacent to an activating group) is 1. The third kappa shape index (κ3) is 5.65. The number of piperazine rings is 1. The molecule has 0 radical (unpaired) electrons. The lowest BCUT2D eigenvalue weighted by Crippen LogP contribution is -2.54. The minimum absolute atomic E-state index is 0.0454. The molecule has 2 aromatic rings. The summed E-state index contributed by atoms with van der Waals surface area (Å²) >= 11 is 0.